The molecule has 1 aromatic heterocycles. The first-order chi connectivity index (χ1) is 10.3. The molecule has 0 radical (unpaired) electrons. The second-order valence-electron chi connectivity index (χ2n) is 5.39. The quantitative estimate of drug-likeness (QED) is 0.767. The molecule has 1 unspecified atom stereocenters. The predicted octanol–water partition coefficient (Wildman–Crippen LogP) is 3.17. The molecule has 0 bridgehead atoms. The fourth-order valence-corrected chi connectivity index (χ4v) is 3.72. The summed E-state index contributed by atoms with van der Waals surface area (Å²) in [7, 11) is 0.600. The second-order valence-corrected chi connectivity index (χ2v) is 7.67. The maximum absolute atomic E-state index is 12.7. The van der Waals surface area contributed by atoms with Crippen LogP contribution in [0.15, 0.2) is 6.20 Å². The maximum Gasteiger partial charge on any atom is 0.363 e. The average Bonchev–Trinajstić information content (AvgIpc) is 2.49. The van der Waals surface area contributed by atoms with Crippen molar-refractivity contribution < 1.29 is 27.8 Å². The van der Waals surface area contributed by atoms with Gasteiger partial charge in [0.25, 0.3) is 0 Å². The third-order valence-electron chi connectivity index (χ3n) is 3.55. The number of aromatic nitrogens is 1. The smallest absolute Gasteiger partial charge is 0.363 e. The van der Waals surface area contributed by atoms with Gasteiger partial charge in [0.15, 0.2) is 5.85 Å². The lowest BCUT2D eigenvalue weighted by atomic mass is 10.1. The van der Waals surface area contributed by atoms with Crippen LogP contribution in [-0.2, 0) is 29.7 Å². The third-order valence-corrected chi connectivity index (χ3v) is 5.63. The topological polar surface area (TPSA) is 76.1 Å². The maximum atomic E-state index is 12.7. The normalized spacial score (nSPS) is 18.5. The van der Waals surface area contributed by atoms with Crippen LogP contribution in [0.1, 0.15) is 36.5 Å². The molecule has 1 aliphatic heterocycles. The van der Waals surface area contributed by atoms with Gasteiger partial charge in [0, 0.05) is 52.5 Å². The molecule has 1 aliphatic rings. The molecule has 1 atom stereocenters. The average molecular weight is 331 g/mol. The Morgan fingerprint density at radius 2 is 1.95 bits per heavy atom. The van der Waals surface area contributed by atoms with Crippen molar-refractivity contribution in [3.8, 4) is 5.75 Å². The van der Waals surface area contributed by atoms with Gasteiger partial charge in [0.05, 0.1) is 12.3 Å². The lowest BCUT2D eigenvalue weighted by Crippen LogP contribution is -2.36. The van der Waals surface area contributed by atoms with Gasteiger partial charge in [-0.1, -0.05) is 0 Å². The van der Waals surface area contributed by atoms with Gasteiger partial charge in [-0.2, -0.15) is 0 Å². The molecule has 124 valence electrons. The first kappa shape index (κ1) is 17.4. The lowest BCUT2D eigenvalue weighted by Gasteiger charge is -2.35. The molecule has 7 nitrogen and oxygen atoms in total. The molecular formula is C14H22NO6P. The predicted molar refractivity (Wildman–Crippen MR) is 79.8 cm³/mol. The molecule has 0 amide bonds. The highest BCUT2D eigenvalue weighted by atomic mass is 31.2. The van der Waals surface area contributed by atoms with Crippen LogP contribution in [0.5, 0.6) is 5.75 Å². The van der Waals surface area contributed by atoms with E-state index in [2.05, 4.69) is 4.98 Å². The van der Waals surface area contributed by atoms with Gasteiger partial charge < -0.3 is 23.3 Å². The number of pyridine rings is 1. The first-order valence-corrected chi connectivity index (χ1v) is 8.44. The van der Waals surface area contributed by atoms with Gasteiger partial charge in [-0.15, -0.1) is 0 Å². The molecular weight excluding hydrogens is 309 g/mol. The van der Waals surface area contributed by atoms with Crippen molar-refractivity contribution in [2.45, 2.75) is 39.0 Å². The summed E-state index contributed by atoms with van der Waals surface area (Å²) >= 11 is 0. The Morgan fingerprint density at radius 3 is 2.50 bits per heavy atom. The minimum absolute atomic E-state index is 0.300. The van der Waals surface area contributed by atoms with E-state index in [1.54, 1.807) is 6.20 Å². The third kappa shape index (κ3) is 3.05. The van der Waals surface area contributed by atoms with Crippen LogP contribution >= 0.6 is 7.60 Å². The number of aryl methyl sites for hydroxylation is 1. The minimum Gasteiger partial charge on any atom is -0.461 e. The molecule has 0 spiro atoms. The zero-order chi connectivity index (χ0) is 16.5. The van der Waals surface area contributed by atoms with Crippen LogP contribution < -0.4 is 4.74 Å². The number of fused-ring (bicyclic) bond motifs is 1. The highest BCUT2D eigenvalue weighted by Crippen LogP contribution is 2.61. The Hall–Kier alpha value is -0.980. The Bertz CT molecular complexity index is 595. The van der Waals surface area contributed by atoms with Gasteiger partial charge in [0.1, 0.15) is 5.75 Å². The zero-order valence-electron chi connectivity index (χ0n) is 13.7. The molecule has 0 saturated heterocycles. The van der Waals surface area contributed by atoms with E-state index in [-0.39, 0.29) is 0 Å². The lowest BCUT2D eigenvalue weighted by molar-refractivity contribution is -0.181. The fourth-order valence-electron chi connectivity index (χ4n) is 2.36. The largest absolute Gasteiger partial charge is 0.461 e. The van der Waals surface area contributed by atoms with Crippen molar-refractivity contribution in [3.63, 3.8) is 0 Å². The summed E-state index contributed by atoms with van der Waals surface area (Å²) in [5, 5.41) is 0. The van der Waals surface area contributed by atoms with E-state index in [0.717, 1.165) is 11.3 Å². The standard InChI is InChI=1S/C14H22NO6P/c1-9-12-11(8-20-14(2,3)21-12)10(7-15-9)13(17-4)22(16,18-5)19-6/h7,13H,8H2,1-6H3. The van der Waals surface area contributed by atoms with Gasteiger partial charge in [0.2, 0.25) is 5.79 Å². The van der Waals surface area contributed by atoms with Crippen LogP contribution in [0.4, 0.5) is 0 Å². The van der Waals surface area contributed by atoms with Crippen molar-refractivity contribution in [3.05, 3.63) is 23.0 Å². The molecule has 22 heavy (non-hydrogen) atoms. The van der Waals surface area contributed by atoms with Crippen LogP contribution in [0.25, 0.3) is 0 Å². The van der Waals surface area contributed by atoms with E-state index in [4.69, 9.17) is 23.3 Å². The molecule has 2 heterocycles. The Morgan fingerprint density at radius 1 is 1.32 bits per heavy atom. The van der Waals surface area contributed by atoms with Gasteiger partial charge in [-0.3, -0.25) is 9.55 Å². The van der Waals surface area contributed by atoms with E-state index >= 15 is 0 Å². The molecule has 0 fully saturated rings. The fraction of sp³-hybridized carbons (Fsp3) is 0.643. The van der Waals surface area contributed by atoms with Crippen LogP contribution in [0.2, 0.25) is 0 Å². The zero-order valence-corrected chi connectivity index (χ0v) is 14.6. The van der Waals surface area contributed by atoms with Crippen molar-refractivity contribution in [1.82, 2.24) is 4.98 Å². The Balaban J connectivity index is 2.55. The molecule has 0 saturated carbocycles. The highest BCUT2D eigenvalue weighted by Gasteiger charge is 2.40. The summed E-state index contributed by atoms with van der Waals surface area (Å²) in [5.41, 5.74) is 2.05. The van der Waals surface area contributed by atoms with E-state index in [1.165, 1.54) is 21.3 Å². The first-order valence-electron chi connectivity index (χ1n) is 6.83. The summed E-state index contributed by atoms with van der Waals surface area (Å²) in [4.78, 5) is 4.32. The number of hydrogen-bond acceptors (Lipinski definition) is 7. The van der Waals surface area contributed by atoms with E-state index < -0.39 is 19.2 Å². The molecule has 0 N–H and O–H groups in total. The van der Waals surface area contributed by atoms with Crippen molar-refractivity contribution >= 4 is 7.60 Å². The van der Waals surface area contributed by atoms with E-state index in [0.29, 0.717) is 17.9 Å². The number of hydrogen-bond donors (Lipinski definition) is 0. The Kier molecular flexibility index (Phi) is 4.94. The van der Waals surface area contributed by atoms with Gasteiger partial charge >= 0.3 is 7.60 Å². The summed E-state index contributed by atoms with van der Waals surface area (Å²) in [5.74, 6) is -1.03. The molecule has 1 aromatic rings. The molecule has 8 heteroatoms. The monoisotopic (exact) mass is 331 g/mol. The minimum atomic E-state index is -3.48. The summed E-state index contributed by atoms with van der Waals surface area (Å²) in [6, 6.07) is 0. The number of methoxy groups -OCH3 is 1. The van der Waals surface area contributed by atoms with Crippen molar-refractivity contribution in [1.29, 1.82) is 0 Å². The van der Waals surface area contributed by atoms with Crippen LogP contribution in [0.3, 0.4) is 0 Å². The van der Waals surface area contributed by atoms with Gasteiger partial charge in [-0.25, -0.2) is 0 Å². The summed E-state index contributed by atoms with van der Waals surface area (Å²) < 4.78 is 39.7. The van der Waals surface area contributed by atoms with Crippen molar-refractivity contribution in [2.24, 2.45) is 0 Å². The van der Waals surface area contributed by atoms with Crippen LogP contribution in [0, 0.1) is 6.92 Å². The Labute approximate surface area is 130 Å². The van der Waals surface area contributed by atoms with E-state index in [9.17, 15) is 4.57 Å². The van der Waals surface area contributed by atoms with Crippen molar-refractivity contribution in [2.75, 3.05) is 21.3 Å². The SMILES string of the molecule is COC(c1cnc(C)c2c1COC(C)(C)O2)P(=O)(OC)OC. The van der Waals surface area contributed by atoms with E-state index in [1.807, 2.05) is 20.8 Å². The summed E-state index contributed by atoms with van der Waals surface area (Å²) in [6.07, 6.45) is 1.60. The summed E-state index contributed by atoms with van der Waals surface area (Å²) in [6.45, 7) is 5.79. The highest BCUT2D eigenvalue weighted by molar-refractivity contribution is 7.54. The molecule has 0 aromatic carbocycles. The van der Waals surface area contributed by atoms with Gasteiger partial charge in [-0.05, 0) is 6.92 Å². The number of rotatable bonds is 5. The second kappa shape index (κ2) is 6.26. The van der Waals surface area contributed by atoms with Crippen LogP contribution in [-0.4, -0.2) is 32.1 Å². The number of ether oxygens (including phenoxy) is 3. The molecule has 2 rings (SSSR count). The molecule has 0 aliphatic carbocycles. The number of nitrogens with zero attached hydrogens (tertiary/aromatic N) is 1.